The summed E-state index contributed by atoms with van der Waals surface area (Å²) in [4.78, 5) is 16.7. The van der Waals surface area contributed by atoms with Crippen molar-refractivity contribution in [3.63, 3.8) is 0 Å². The van der Waals surface area contributed by atoms with Crippen LogP contribution in [0.3, 0.4) is 0 Å². The van der Waals surface area contributed by atoms with Gasteiger partial charge >= 0.3 is 5.76 Å². The van der Waals surface area contributed by atoms with Gasteiger partial charge in [-0.3, -0.25) is 9.88 Å². The van der Waals surface area contributed by atoms with Gasteiger partial charge in [0.25, 0.3) is 0 Å². The van der Waals surface area contributed by atoms with E-state index in [0.29, 0.717) is 12.2 Å². The van der Waals surface area contributed by atoms with Crippen LogP contribution in [0.5, 0.6) is 0 Å². The number of benzene rings is 3. The number of aromatic nitrogens is 1. The third-order valence-electron chi connectivity index (χ3n) is 7.11. The standard InChI is InChI=1S/C29H32N2O3/c32-28-30-26-12-11-25(19-27(26)34-28)20-31-17-15-29(16-18-31,14-13-23-7-3-1-4-8-23)22-33-21-24-9-5-2-6-10-24/h1-12,19H,13-18,20-22H2,(H,30,32). The zero-order valence-electron chi connectivity index (χ0n) is 19.5. The molecule has 176 valence electrons. The van der Waals surface area contributed by atoms with Crippen molar-refractivity contribution in [3.8, 4) is 0 Å². The number of aromatic amines is 1. The van der Waals surface area contributed by atoms with E-state index in [9.17, 15) is 4.79 Å². The number of rotatable bonds is 9. The van der Waals surface area contributed by atoms with Crippen molar-refractivity contribution in [3.05, 3.63) is 106 Å². The summed E-state index contributed by atoms with van der Waals surface area (Å²) in [6.45, 7) is 4.41. The Balaban J connectivity index is 1.22. The van der Waals surface area contributed by atoms with E-state index in [1.807, 2.05) is 18.2 Å². The molecule has 0 atom stereocenters. The van der Waals surface area contributed by atoms with E-state index < -0.39 is 5.76 Å². The molecule has 0 aliphatic carbocycles. The van der Waals surface area contributed by atoms with E-state index in [4.69, 9.17) is 9.15 Å². The maximum atomic E-state index is 11.5. The Morgan fingerprint density at radius 1 is 0.882 bits per heavy atom. The van der Waals surface area contributed by atoms with E-state index in [0.717, 1.165) is 57.4 Å². The number of aryl methyl sites for hydroxylation is 1. The van der Waals surface area contributed by atoms with Gasteiger partial charge in [-0.15, -0.1) is 0 Å². The summed E-state index contributed by atoms with van der Waals surface area (Å²) in [6, 6.07) is 27.2. The summed E-state index contributed by atoms with van der Waals surface area (Å²) in [6.07, 6.45) is 4.46. The Morgan fingerprint density at radius 3 is 2.32 bits per heavy atom. The van der Waals surface area contributed by atoms with Gasteiger partial charge in [-0.1, -0.05) is 66.7 Å². The molecular weight excluding hydrogens is 424 g/mol. The minimum absolute atomic E-state index is 0.193. The van der Waals surface area contributed by atoms with E-state index >= 15 is 0 Å². The number of oxazole rings is 1. The summed E-state index contributed by atoms with van der Waals surface area (Å²) in [7, 11) is 0. The molecule has 4 aromatic rings. The average Bonchev–Trinajstić information content (AvgIpc) is 3.25. The second-order valence-corrected chi connectivity index (χ2v) is 9.59. The zero-order chi connectivity index (χ0) is 23.2. The van der Waals surface area contributed by atoms with Gasteiger partial charge < -0.3 is 9.15 Å². The van der Waals surface area contributed by atoms with Gasteiger partial charge in [0.1, 0.15) is 0 Å². The second-order valence-electron chi connectivity index (χ2n) is 9.59. The lowest BCUT2D eigenvalue weighted by Gasteiger charge is -2.42. The lowest BCUT2D eigenvalue weighted by Crippen LogP contribution is -2.42. The molecule has 2 heterocycles. The van der Waals surface area contributed by atoms with Crippen molar-refractivity contribution < 1.29 is 9.15 Å². The first-order valence-corrected chi connectivity index (χ1v) is 12.2. The molecule has 5 rings (SSSR count). The minimum Gasteiger partial charge on any atom is -0.408 e. The molecule has 1 aromatic heterocycles. The topological polar surface area (TPSA) is 58.5 Å². The predicted molar refractivity (Wildman–Crippen MR) is 135 cm³/mol. The third-order valence-corrected chi connectivity index (χ3v) is 7.11. The first-order valence-electron chi connectivity index (χ1n) is 12.2. The fourth-order valence-corrected chi connectivity index (χ4v) is 5.01. The van der Waals surface area contributed by atoms with Crippen molar-refractivity contribution in [1.82, 2.24) is 9.88 Å². The Hall–Kier alpha value is -3.15. The third kappa shape index (κ3) is 5.66. The SMILES string of the molecule is O=c1[nH]c2ccc(CN3CCC(CCc4ccccc4)(COCc4ccccc4)CC3)cc2o1. The number of H-pyrrole nitrogens is 1. The van der Waals surface area contributed by atoms with Gasteiger partial charge in [0.15, 0.2) is 5.58 Å². The molecule has 3 aromatic carbocycles. The minimum atomic E-state index is -0.399. The first kappa shape index (κ1) is 22.6. The van der Waals surface area contributed by atoms with E-state index in [1.165, 1.54) is 16.7 Å². The van der Waals surface area contributed by atoms with Crippen molar-refractivity contribution in [2.75, 3.05) is 19.7 Å². The van der Waals surface area contributed by atoms with Gasteiger partial charge in [-0.2, -0.15) is 0 Å². The van der Waals surface area contributed by atoms with Gasteiger partial charge in [0.05, 0.1) is 18.7 Å². The first-order chi connectivity index (χ1) is 16.7. The van der Waals surface area contributed by atoms with E-state index in [-0.39, 0.29) is 5.41 Å². The quantitative estimate of drug-likeness (QED) is 0.359. The average molecular weight is 457 g/mol. The van der Waals surface area contributed by atoms with Crippen LogP contribution in [0.2, 0.25) is 0 Å². The maximum Gasteiger partial charge on any atom is 0.417 e. The van der Waals surface area contributed by atoms with Crippen LogP contribution in [-0.4, -0.2) is 29.6 Å². The highest BCUT2D eigenvalue weighted by Gasteiger charge is 2.34. The Morgan fingerprint density at radius 2 is 1.59 bits per heavy atom. The molecule has 1 N–H and O–H groups in total. The van der Waals surface area contributed by atoms with Crippen LogP contribution in [0.25, 0.3) is 11.1 Å². The molecule has 5 heteroatoms. The second kappa shape index (κ2) is 10.4. The van der Waals surface area contributed by atoms with Gasteiger partial charge in [0.2, 0.25) is 0 Å². The number of hydrogen-bond acceptors (Lipinski definition) is 4. The molecule has 5 nitrogen and oxygen atoms in total. The van der Waals surface area contributed by atoms with Crippen LogP contribution >= 0.6 is 0 Å². The highest BCUT2D eigenvalue weighted by atomic mass is 16.5. The van der Waals surface area contributed by atoms with Gasteiger partial charge in [-0.25, -0.2) is 4.79 Å². The van der Waals surface area contributed by atoms with E-state index in [2.05, 4.69) is 70.5 Å². The molecule has 0 unspecified atom stereocenters. The number of nitrogens with zero attached hydrogens (tertiary/aromatic N) is 1. The molecule has 1 aliphatic heterocycles. The van der Waals surface area contributed by atoms with Crippen LogP contribution in [0.15, 0.2) is 88.1 Å². The Labute approximate surface area is 200 Å². The number of likely N-dealkylation sites (tertiary alicyclic amines) is 1. The fraction of sp³-hybridized carbons (Fsp3) is 0.345. The molecule has 1 aliphatic rings. The zero-order valence-corrected chi connectivity index (χ0v) is 19.5. The monoisotopic (exact) mass is 456 g/mol. The fourth-order valence-electron chi connectivity index (χ4n) is 5.01. The largest absolute Gasteiger partial charge is 0.417 e. The van der Waals surface area contributed by atoms with Crippen LogP contribution in [0.4, 0.5) is 0 Å². The van der Waals surface area contributed by atoms with Gasteiger partial charge in [0, 0.05) is 6.54 Å². The summed E-state index contributed by atoms with van der Waals surface area (Å²) in [5, 5.41) is 0. The van der Waals surface area contributed by atoms with Crippen molar-refractivity contribution in [2.45, 2.75) is 38.8 Å². The summed E-state index contributed by atoms with van der Waals surface area (Å²) in [5.74, 6) is -0.399. The lowest BCUT2D eigenvalue weighted by atomic mass is 9.74. The van der Waals surface area contributed by atoms with Crippen molar-refractivity contribution >= 4 is 11.1 Å². The summed E-state index contributed by atoms with van der Waals surface area (Å²) in [5.41, 5.74) is 5.37. The molecule has 1 fully saturated rings. The van der Waals surface area contributed by atoms with Crippen LogP contribution in [0.1, 0.15) is 36.0 Å². The van der Waals surface area contributed by atoms with Crippen LogP contribution in [-0.2, 0) is 24.3 Å². The molecular formula is C29H32N2O3. The molecule has 0 amide bonds. The summed E-state index contributed by atoms with van der Waals surface area (Å²) >= 11 is 0. The smallest absolute Gasteiger partial charge is 0.408 e. The number of nitrogens with one attached hydrogen (secondary N) is 1. The van der Waals surface area contributed by atoms with Crippen LogP contribution < -0.4 is 5.76 Å². The van der Waals surface area contributed by atoms with Crippen LogP contribution in [0, 0.1) is 5.41 Å². The highest BCUT2D eigenvalue weighted by molar-refractivity contribution is 5.72. The summed E-state index contributed by atoms with van der Waals surface area (Å²) < 4.78 is 11.5. The maximum absolute atomic E-state index is 11.5. The lowest BCUT2D eigenvalue weighted by molar-refractivity contribution is -0.0131. The molecule has 1 saturated heterocycles. The normalized spacial score (nSPS) is 16.1. The molecule has 0 spiro atoms. The predicted octanol–water partition coefficient (Wildman–Crippen LogP) is 5.55. The highest BCUT2D eigenvalue weighted by Crippen LogP contribution is 2.37. The Bertz CT molecular complexity index is 1240. The number of piperidine rings is 1. The molecule has 0 radical (unpaired) electrons. The molecule has 0 saturated carbocycles. The van der Waals surface area contributed by atoms with Crippen molar-refractivity contribution in [1.29, 1.82) is 0 Å². The number of fused-ring (bicyclic) bond motifs is 1. The van der Waals surface area contributed by atoms with Crippen molar-refractivity contribution in [2.24, 2.45) is 5.41 Å². The number of hydrogen-bond donors (Lipinski definition) is 1. The molecule has 34 heavy (non-hydrogen) atoms. The molecule has 0 bridgehead atoms. The number of ether oxygens (including phenoxy) is 1. The van der Waals surface area contributed by atoms with Gasteiger partial charge in [-0.05, 0) is 73.0 Å². The Kier molecular flexibility index (Phi) is 6.93. The van der Waals surface area contributed by atoms with E-state index in [1.54, 1.807) is 0 Å².